The molecule has 1 aliphatic rings. The van der Waals surface area contributed by atoms with Gasteiger partial charge in [0, 0.05) is 22.7 Å². The quantitative estimate of drug-likeness (QED) is 0.908. The highest BCUT2D eigenvalue weighted by Gasteiger charge is 2.29. The zero-order chi connectivity index (χ0) is 13.9. The second-order valence-electron chi connectivity index (χ2n) is 4.67. The van der Waals surface area contributed by atoms with Crippen LogP contribution in [0.25, 0.3) is 0 Å². The van der Waals surface area contributed by atoms with Crippen LogP contribution in [0.15, 0.2) is 35.2 Å². The molecule has 1 fully saturated rings. The van der Waals surface area contributed by atoms with Crippen LogP contribution in [-0.4, -0.2) is 16.8 Å². The third-order valence-corrected chi connectivity index (χ3v) is 3.59. The van der Waals surface area contributed by atoms with Gasteiger partial charge in [-0.2, -0.15) is 0 Å². The Kier molecular flexibility index (Phi) is 3.47. The molecule has 1 heterocycles. The number of amides is 2. The lowest BCUT2D eigenvalue weighted by atomic mass is 10.2. The van der Waals surface area contributed by atoms with Crippen LogP contribution in [0, 0.1) is 5.92 Å². The fourth-order valence-corrected chi connectivity index (χ4v) is 2.32. The normalized spacial score (nSPS) is 13.8. The van der Waals surface area contributed by atoms with E-state index in [1.54, 1.807) is 35.2 Å². The molecule has 3 rings (SSSR count). The summed E-state index contributed by atoms with van der Waals surface area (Å²) in [5, 5.41) is 7.29. The van der Waals surface area contributed by atoms with Gasteiger partial charge in [0.25, 0.3) is 5.91 Å². The molecule has 1 saturated carbocycles. The molecule has 0 aliphatic heterocycles. The maximum absolute atomic E-state index is 11.9. The van der Waals surface area contributed by atoms with Gasteiger partial charge in [-0.25, -0.2) is 4.98 Å². The minimum absolute atomic E-state index is 0.0491. The Hall–Kier alpha value is -2.21. The van der Waals surface area contributed by atoms with Crippen molar-refractivity contribution in [1.82, 2.24) is 4.98 Å². The Morgan fingerprint density at radius 3 is 2.60 bits per heavy atom. The molecule has 6 heteroatoms. The third kappa shape index (κ3) is 3.03. The molecular formula is C14H13N3O2S. The molecule has 2 aromatic rings. The standard InChI is InChI=1S/C14H13N3O2S/c18-13(9-4-5-9)16-10-2-1-3-11(6-10)17-14(19)12-7-20-8-15-12/h1-3,6-9H,4-5H2,(H,16,18)(H,17,19). The highest BCUT2D eigenvalue weighted by Crippen LogP contribution is 2.30. The molecule has 5 nitrogen and oxygen atoms in total. The molecular weight excluding hydrogens is 274 g/mol. The van der Waals surface area contributed by atoms with Crippen LogP contribution in [0.1, 0.15) is 23.3 Å². The number of anilines is 2. The van der Waals surface area contributed by atoms with Gasteiger partial charge in [-0.05, 0) is 31.0 Å². The minimum atomic E-state index is -0.253. The van der Waals surface area contributed by atoms with Crippen LogP contribution < -0.4 is 10.6 Å². The van der Waals surface area contributed by atoms with Crippen molar-refractivity contribution in [2.75, 3.05) is 10.6 Å². The molecule has 2 N–H and O–H groups in total. The number of rotatable bonds is 4. The highest BCUT2D eigenvalue weighted by atomic mass is 32.1. The molecule has 2 amide bonds. The van der Waals surface area contributed by atoms with Gasteiger partial charge in [0.2, 0.25) is 5.91 Å². The van der Waals surface area contributed by atoms with E-state index in [1.165, 1.54) is 11.3 Å². The van der Waals surface area contributed by atoms with Gasteiger partial charge >= 0.3 is 0 Å². The Bertz CT molecular complexity index is 636. The number of carbonyl (C=O) groups is 2. The third-order valence-electron chi connectivity index (χ3n) is 3.00. The van der Waals surface area contributed by atoms with E-state index in [1.807, 2.05) is 0 Å². The number of aromatic nitrogens is 1. The van der Waals surface area contributed by atoms with Crippen LogP contribution in [0.5, 0.6) is 0 Å². The second kappa shape index (κ2) is 5.42. The minimum Gasteiger partial charge on any atom is -0.326 e. The van der Waals surface area contributed by atoms with Crippen LogP contribution in [0.4, 0.5) is 11.4 Å². The van der Waals surface area contributed by atoms with Crippen molar-refractivity contribution in [3.05, 3.63) is 40.8 Å². The first kappa shape index (κ1) is 12.8. The average Bonchev–Trinajstić information content (AvgIpc) is 3.14. The first-order valence-electron chi connectivity index (χ1n) is 6.33. The van der Waals surface area contributed by atoms with Crippen molar-refractivity contribution >= 4 is 34.5 Å². The van der Waals surface area contributed by atoms with E-state index >= 15 is 0 Å². The predicted molar refractivity (Wildman–Crippen MR) is 77.9 cm³/mol. The molecule has 0 saturated heterocycles. The first-order chi connectivity index (χ1) is 9.72. The van der Waals surface area contributed by atoms with E-state index in [4.69, 9.17) is 0 Å². The van der Waals surface area contributed by atoms with E-state index in [0.29, 0.717) is 17.1 Å². The van der Waals surface area contributed by atoms with Gasteiger partial charge in [-0.15, -0.1) is 11.3 Å². The first-order valence-corrected chi connectivity index (χ1v) is 7.27. The fourth-order valence-electron chi connectivity index (χ4n) is 1.78. The molecule has 0 atom stereocenters. The predicted octanol–water partition coefficient (Wildman–Crippen LogP) is 2.74. The number of hydrogen-bond donors (Lipinski definition) is 2. The largest absolute Gasteiger partial charge is 0.326 e. The van der Waals surface area contributed by atoms with Crippen LogP contribution in [-0.2, 0) is 4.79 Å². The molecule has 0 bridgehead atoms. The lowest BCUT2D eigenvalue weighted by molar-refractivity contribution is -0.117. The number of thiazole rings is 1. The van der Waals surface area contributed by atoms with Crippen molar-refractivity contribution in [2.45, 2.75) is 12.8 Å². The van der Waals surface area contributed by atoms with E-state index < -0.39 is 0 Å². The van der Waals surface area contributed by atoms with Gasteiger partial charge in [0.15, 0.2) is 0 Å². The summed E-state index contributed by atoms with van der Waals surface area (Å²) in [6.45, 7) is 0. The second-order valence-corrected chi connectivity index (χ2v) is 5.39. The molecule has 1 aromatic carbocycles. The Morgan fingerprint density at radius 2 is 1.95 bits per heavy atom. The molecule has 102 valence electrons. The smallest absolute Gasteiger partial charge is 0.275 e. The van der Waals surface area contributed by atoms with E-state index in [0.717, 1.165) is 12.8 Å². The van der Waals surface area contributed by atoms with Crippen LogP contribution in [0.2, 0.25) is 0 Å². The van der Waals surface area contributed by atoms with E-state index in [-0.39, 0.29) is 17.7 Å². The summed E-state index contributed by atoms with van der Waals surface area (Å²) < 4.78 is 0. The summed E-state index contributed by atoms with van der Waals surface area (Å²) in [4.78, 5) is 27.5. The van der Waals surface area contributed by atoms with Crippen molar-refractivity contribution in [2.24, 2.45) is 5.92 Å². The SMILES string of the molecule is O=C(Nc1cccc(NC(=O)C2CC2)c1)c1cscn1. The zero-order valence-corrected chi connectivity index (χ0v) is 11.4. The van der Waals surface area contributed by atoms with Crippen molar-refractivity contribution in [1.29, 1.82) is 0 Å². The Labute approximate surface area is 120 Å². The average molecular weight is 287 g/mol. The molecule has 1 aliphatic carbocycles. The summed E-state index contributed by atoms with van der Waals surface area (Å²) in [6.07, 6.45) is 1.93. The summed E-state index contributed by atoms with van der Waals surface area (Å²) in [7, 11) is 0. The number of benzene rings is 1. The maximum atomic E-state index is 11.9. The van der Waals surface area contributed by atoms with E-state index in [9.17, 15) is 9.59 Å². The monoisotopic (exact) mass is 287 g/mol. The summed E-state index contributed by atoms with van der Waals surface area (Å²) in [5.41, 5.74) is 3.33. The van der Waals surface area contributed by atoms with Crippen LogP contribution in [0.3, 0.4) is 0 Å². The summed E-state index contributed by atoms with van der Waals surface area (Å²) in [5.74, 6) is -0.0480. The van der Waals surface area contributed by atoms with E-state index in [2.05, 4.69) is 15.6 Å². The topological polar surface area (TPSA) is 71.1 Å². The lowest BCUT2D eigenvalue weighted by Gasteiger charge is -2.07. The number of nitrogens with zero attached hydrogens (tertiary/aromatic N) is 1. The Morgan fingerprint density at radius 1 is 1.20 bits per heavy atom. The molecule has 20 heavy (non-hydrogen) atoms. The Balaban J connectivity index is 1.67. The maximum Gasteiger partial charge on any atom is 0.275 e. The molecule has 0 unspecified atom stereocenters. The van der Waals surface area contributed by atoms with Crippen molar-refractivity contribution in [3.8, 4) is 0 Å². The van der Waals surface area contributed by atoms with Gasteiger partial charge in [0.05, 0.1) is 5.51 Å². The number of carbonyl (C=O) groups excluding carboxylic acids is 2. The van der Waals surface area contributed by atoms with Gasteiger partial charge < -0.3 is 10.6 Å². The van der Waals surface area contributed by atoms with Crippen molar-refractivity contribution in [3.63, 3.8) is 0 Å². The molecule has 0 spiro atoms. The van der Waals surface area contributed by atoms with Crippen molar-refractivity contribution < 1.29 is 9.59 Å². The molecule has 0 radical (unpaired) electrons. The summed E-state index contributed by atoms with van der Waals surface area (Å²) >= 11 is 1.37. The molecule has 1 aromatic heterocycles. The summed E-state index contributed by atoms with van der Waals surface area (Å²) in [6, 6.07) is 7.11. The fraction of sp³-hybridized carbons (Fsp3) is 0.214. The highest BCUT2D eigenvalue weighted by molar-refractivity contribution is 7.07. The number of hydrogen-bond acceptors (Lipinski definition) is 4. The zero-order valence-electron chi connectivity index (χ0n) is 10.6. The van der Waals surface area contributed by atoms with Gasteiger partial charge in [-0.3, -0.25) is 9.59 Å². The van der Waals surface area contributed by atoms with Gasteiger partial charge in [-0.1, -0.05) is 6.07 Å². The number of nitrogens with one attached hydrogen (secondary N) is 2. The lowest BCUT2D eigenvalue weighted by Crippen LogP contribution is -2.14. The van der Waals surface area contributed by atoms with Gasteiger partial charge in [0.1, 0.15) is 5.69 Å². The van der Waals surface area contributed by atoms with Crippen LogP contribution >= 0.6 is 11.3 Å².